The molecule has 0 unspecified atom stereocenters. The molecule has 90 valence electrons. The maximum absolute atomic E-state index is 8.06. The first kappa shape index (κ1) is 9.22. The number of benzene rings is 1. The minimum atomic E-state index is 0.436. The Morgan fingerprint density at radius 2 is 1.89 bits per heavy atom. The average Bonchev–Trinajstić information content (AvgIpc) is 2.92. The molecule has 4 nitrogen and oxygen atoms in total. The van der Waals surface area contributed by atoms with Crippen molar-refractivity contribution in [1.29, 1.82) is 0 Å². The largest absolute Gasteiger partial charge is 0.254 e. The van der Waals surface area contributed by atoms with Gasteiger partial charge in [-0.05, 0) is 24.2 Å². The lowest BCUT2D eigenvalue weighted by atomic mass is 10.2. The lowest BCUT2D eigenvalue weighted by Crippen LogP contribution is -1.89. The van der Waals surface area contributed by atoms with Crippen LogP contribution in [0.15, 0.2) is 60.8 Å². The third kappa shape index (κ3) is 1.50. The molecule has 0 radical (unpaired) electrons. The minimum absolute atomic E-state index is 0.436. The van der Waals surface area contributed by atoms with Crippen LogP contribution in [-0.2, 0) is 0 Å². The van der Waals surface area contributed by atoms with Gasteiger partial charge in [0.2, 0.25) is 0 Å². The van der Waals surface area contributed by atoms with Crippen LogP contribution in [0, 0.1) is 0 Å². The molecular weight excluding hydrogens is 236 g/mol. The van der Waals surface area contributed by atoms with Crippen molar-refractivity contribution in [3.8, 4) is 11.4 Å². The van der Waals surface area contributed by atoms with Crippen LogP contribution >= 0.6 is 0 Å². The molecule has 4 aromatic rings. The van der Waals surface area contributed by atoms with Gasteiger partial charge < -0.3 is 0 Å². The summed E-state index contributed by atoms with van der Waals surface area (Å²) >= 11 is 0. The van der Waals surface area contributed by atoms with Gasteiger partial charge in [-0.3, -0.25) is 4.98 Å². The molecule has 0 spiro atoms. The number of nitrogens with zero attached hydrogens (tertiary/aromatic N) is 4. The molecule has 3 aromatic heterocycles. The molecular formula is C15H10N4. The van der Waals surface area contributed by atoms with E-state index in [4.69, 9.17) is 1.37 Å². The van der Waals surface area contributed by atoms with Gasteiger partial charge in [-0.15, -0.1) is 5.10 Å². The maximum Gasteiger partial charge on any atom is 0.139 e. The van der Waals surface area contributed by atoms with Crippen molar-refractivity contribution in [1.82, 2.24) is 19.8 Å². The quantitative estimate of drug-likeness (QED) is 0.519. The van der Waals surface area contributed by atoms with E-state index in [1.807, 2.05) is 42.5 Å². The normalized spacial score (nSPS) is 11.9. The maximum atomic E-state index is 8.06. The topological polar surface area (TPSA) is 43.1 Å². The number of hydrogen-bond acceptors (Lipinski definition) is 3. The SMILES string of the molecule is [2H]c1cccc2ccc3c(-c4ccccn4)nnn3c12. The van der Waals surface area contributed by atoms with Crippen LogP contribution in [0.25, 0.3) is 27.8 Å². The van der Waals surface area contributed by atoms with Crippen LogP contribution in [0.1, 0.15) is 1.37 Å². The summed E-state index contributed by atoms with van der Waals surface area (Å²) in [5, 5.41) is 9.39. The standard InChI is InChI=1S/C15H10N4/c1-2-7-13-11(5-1)8-9-14-15(17-18-19(13)14)12-6-3-4-10-16-12/h1-10H/i7D. The number of hydrogen-bond donors (Lipinski definition) is 0. The zero-order chi connectivity index (χ0) is 13.5. The highest BCUT2D eigenvalue weighted by Crippen LogP contribution is 2.23. The van der Waals surface area contributed by atoms with E-state index in [-0.39, 0.29) is 0 Å². The molecule has 0 amide bonds. The Kier molecular flexibility index (Phi) is 1.88. The molecule has 4 heteroatoms. The Morgan fingerprint density at radius 3 is 2.79 bits per heavy atom. The molecule has 0 aliphatic heterocycles. The molecule has 0 atom stereocenters. The molecule has 0 fully saturated rings. The van der Waals surface area contributed by atoms with Gasteiger partial charge in [0.15, 0.2) is 0 Å². The summed E-state index contributed by atoms with van der Waals surface area (Å²) in [5.41, 5.74) is 3.13. The minimum Gasteiger partial charge on any atom is -0.254 e. The predicted octanol–water partition coefficient (Wildman–Crippen LogP) is 2.94. The number of aromatic nitrogens is 4. The van der Waals surface area contributed by atoms with Gasteiger partial charge in [0.1, 0.15) is 5.69 Å². The molecule has 4 rings (SSSR count). The summed E-state index contributed by atoms with van der Waals surface area (Å²) in [4.78, 5) is 4.31. The van der Waals surface area contributed by atoms with E-state index in [9.17, 15) is 0 Å². The van der Waals surface area contributed by atoms with E-state index in [1.165, 1.54) is 0 Å². The second kappa shape index (κ2) is 3.88. The Labute approximate surface area is 110 Å². The van der Waals surface area contributed by atoms with Crippen molar-refractivity contribution in [3.63, 3.8) is 0 Å². The lowest BCUT2D eigenvalue weighted by molar-refractivity contribution is 0.883. The number of pyridine rings is 2. The highest BCUT2D eigenvalue weighted by atomic mass is 15.4. The van der Waals surface area contributed by atoms with Crippen molar-refractivity contribution < 1.29 is 1.37 Å². The van der Waals surface area contributed by atoms with Crippen molar-refractivity contribution in [3.05, 3.63) is 60.8 Å². The zero-order valence-corrected chi connectivity index (χ0v) is 9.99. The van der Waals surface area contributed by atoms with Gasteiger partial charge in [-0.2, -0.15) is 0 Å². The molecule has 0 saturated carbocycles. The van der Waals surface area contributed by atoms with Crippen LogP contribution < -0.4 is 0 Å². The van der Waals surface area contributed by atoms with Crippen molar-refractivity contribution >= 4 is 16.4 Å². The number of rotatable bonds is 1. The molecule has 1 aromatic carbocycles. The monoisotopic (exact) mass is 247 g/mol. The van der Waals surface area contributed by atoms with Crippen molar-refractivity contribution in [2.45, 2.75) is 0 Å². The number of fused-ring (bicyclic) bond motifs is 3. The van der Waals surface area contributed by atoms with Gasteiger partial charge >= 0.3 is 0 Å². The van der Waals surface area contributed by atoms with Crippen LogP contribution in [-0.4, -0.2) is 19.8 Å². The summed E-state index contributed by atoms with van der Waals surface area (Å²) in [5.74, 6) is 0. The third-order valence-electron chi connectivity index (χ3n) is 3.11. The fourth-order valence-corrected chi connectivity index (χ4v) is 2.22. The fourth-order valence-electron chi connectivity index (χ4n) is 2.22. The van der Waals surface area contributed by atoms with Gasteiger partial charge in [0.05, 0.1) is 18.1 Å². The van der Waals surface area contributed by atoms with Gasteiger partial charge in [0, 0.05) is 11.6 Å². The van der Waals surface area contributed by atoms with E-state index in [0.29, 0.717) is 6.04 Å². The van der Waals surface area contributed by atoms with E-state index < -0.39 is 0 Å². The van der Waals surface area contributed by atoms with Gasteiger partial charge in [0.25, 0.3) is 0 Å². The molecule has 3 heterocycles. The molecule has 0 aliphatic rings. The first-order valence-electron chi connectivity index (χ1n) is 6.50. The summed E-state index contributed by atoms with van der Waals surface area (Å²) in [6, 6.07) is 15.7. The lowest BCUT2D eigenvalue weighted by Gasteiger charge is -2.00. The fraction of sp³-hybridized carbons (Fsp3) is 0. The molecule has 0 aliphatic carbocycles. The Morgan fingerprint density at radius 1 is 0.947 bits per heavy atom. The molecule has 19 heavy (non-hydrogen) atoms. The second-order valence-electron chi connectivity index (χ2n) is 4.26. The first-order chi connectivity index (χ1) is 9.84. The zero-order valence-electron chi connectivity index (χ0n) is 11.0. The van der Waals surface area contributed by atoms with Crippen LogP contribution in [0.4, 0.5) is 0 Å². The second-order valence-corrected chi connectivity index (χ2v) is 4.26. The highest BCUT2D eigenvalue weighted by Gasteiger charge is 2.10. The highest BCUT2D eigenvalue weighted by molar-refractivity contribution is 5.86. The predicted molar refractivity (Wildman–Crippen MR) is 73.7 cm³/mol. The van der Waals surface area contributed by atoms with Gasteiger partial charge in [-0.1, -0.05) is 35.5 Å². The number of para-hydroxylation sites is 1. The first-order valence-corrected chi connectivity index (χ1v) is 6.00. The summed E-state index contributed by atoms with van der Waals surface area (Å²) in [6.45, 7) is 0. The molecule has 0 N–H and O–H groups in total. The Bertz CT molecular complexity index is 915. The summed E-state index contributed by atoms with van der Waals surface area (Å²) in [6.07, 6.45) is 1.73. The van der Waals surface area contributed by atoms with E-state index in [1.54, 1.807) is 16.8 Å². The van der Waals surface area contributed by atoms with E-state index >= 15 is 0 Å². The van der Waals surface area contributed by atoms with Crippen LogP contribution in [0.5, 0.6) is 0 Å². The van der Waals surface area contributed by atoms with Crippen LogP contribution in [0.2, 0.25) is 0 Å². The third-order valence-corrected chi connectivity index (χ3v) is 3.11. The van der Waals surface area contributed by atoms with Crippen molar-refractivity contribution in [2.75, 3.05) is 0 Å². The smallest absolute Gasteiger partial charge is 0.139 e. The van der Waals surface area contributed by atoms with Crippen LogP contribution in [0.3, 0.4) is 0 Å². The Hall–Kier alpha value is -2.75. The van der Waals surface area contributed by atoms with E-state index in [0.717, 1.165) is 27.8 Å². The summed E-state index contributed by atoms with van der Waals surface area (Å²) in [7, 11) is 0. The van der Waals surface area contributed by atoms with Crippen molar-refractivity contribution in [2.24, 2.45) is 0 Å². The van der Waals surface area contributed by atoms with E-state index in [2.05, 4.69) is 15.3 Å². The summed E-state index contributed by atoms with van der Waals surface area (Å²) < 4.78 is 9.77. The Balaban J connectivity index is 2.10. The molecule has 0 saturated heterocycles. The van der Waals surface area contributed by atoms with Gasteiger partial charge in [-0.25, -0.2) is 4.52 Å². The average molecular weight is 247 g/mol. The molecule has 0 bridgehead atoms.